The number of hydrogen-bond acceptors (Lipinski definition) is 5. The van der Waals surface area contributed by atoms with E-state index in [1.165, 1.54) is 4.90 Å². The maximum Gasteiger partial charge on any atom is 0.146 e. The van der Waals surface area contributed by atoms with Crippen LogP contribution in [0.3, 0.4) is 0 Å². The number of nitrogens with one attached hydrogen (secondary N) is 1. The van der Waals surface area contributed by atoms with Crippen LogP contribution < -0.4 is 16.0 Å². The van der Waals surface area contributed by atoms with E-state index in [-0.39, 0.29) is 0 Å². The fraction of sp³-hybridized carbons (Fsp3) is 0.154. The average Bonchev–Trinajstić information content (AvgIpc) is 2.46. The number of aromatic nitrogens is 1. The first kappa shape index (κ1) is 12.7. The molecule has 18 heavy (non-hydrogen) atoms. The first-order valence-corrected chi connectivity index (χ1v) is 6.73. The summed E-state index contributed by atoms with van der Waals surface area (Å²) in [5.41, 5.74) is 3.48. The van der Waals surface area contributed by atoms with Gasteiger partial charge in [-0.1, -0.05) is 6.07 Å². The highest BCUT2D eigenvalue weighted by atomic mass is 32.2. The van der Waals surface area contributed by atoms with Gasteiger partial charge < -0.3 is 10.2 Å². The van der Waals surface area contributed by atoms with Gasteiger partial charge >= 0.3 is 0 Å². The van der Waals surface area contributed by atoms with E-state index in [9.17, 15) is 0 Å². The number of benzene rings is 1. The second-order valence-corrected chi connectivity index (χ2v) is 4.50. The third-order valence-corrected chi connectivity index (χ3v) is 3.23. The third kappa shape index (κ3) is 3.15. The van der Waals surface area contributed by atoms with E-state index >= 15 is 0 Å². The number of anilines is 1. The molecule has 2 aromatic rings. The number of ether oxygens (including phenoxy) is 1. The Morgan fingerprint density at radius 2 is 2.06 bits per heavy atom. The Kier molecular flexibility index (Phi) is 4.44. The number of nitrogen functional groups attached to an aromatic ring is 1. The van der Waals surface area contributed by atoms with Crippen molar-refractivity contribution in [1.82, 2.24) is 4.98 Å². The molecule has 94 valence electrons. The molecule has 1 aromatic heterocycles. The Hall–Kier alpha value is -1.72. The molecule has 0 aliphatic carbocycles. The number of thioether (sulfide) groups is 1. The first-order valence-electron chi connectivity index (χ1n) is 5.51. The lowest BCUT2D eigenvalue weighted by atomic mass is 10.2. The summed E-state index contributed by atoms with van der Waals surface area (Å²) in [5.74, 6) is 6.86. The van der Waals surface area contributed by atoms with Crippen LogP contribution in [-0.4, -0.2) is 11.2 Å². The van der Waals surface area contributed by atoms with E-state index in [1.54, 1.807) is 18.0 Å². The van der Waals surface area contributed by atoms with E-state index in [1.807, 2.05) is 42.7 Å². The molecule has 0 radical (unpaired) electrons. The number of rotatable bonds is 5. The molecule has 0 aliphatic rings. The quantitative estimate of drug-likeness (QED) is 0.492. The van der Waals surface area contributed by atoms with Crippen LogP contribution in [0, 0.1) is 0 Å². The Balaban J connectivity index is 2.02. The normalized spacial score (nSPS) is 10.1. The summed E-state index contributed by atoms with van der Waals surface area (Å²) in [6.07, 6.45) is 3.73. The highest BCUT2D eigenvalue weighted by Crippen LogP contribution is 2.20. The Morgan fingerprint density at radius 1 is 1.28 bits per heavy atom. The molecule has 0 bridgehead atoms. The highest BCUT2D eigenvalue weighted by molar-refractivity contribution is 7.98. The molecular formula is C13H15N3OS. The second kappa shape index (κ2) is 6.28. The van der Waals surface area contributed by atoms with E-state index in [0.29, 0.717) is 12.4 Å². The number of nitrogens with zero attached hydrogens (tertiary/aromatic N) is 1. The smallest absolute Gasteiger partial charge is 0.146 e. The lowest BCUT2D eigenvalue weighted by Gasteiger charge is -2.09. The number of hydrazine groups is 1. The van der Waals surface area contributed by atoms with E-state index in [2.05, 4.69) is 10.4 Å². The minimum absolute atomic E-state index is 0.436. The molecule has 0 aliphatic heterocycles. The maximum absolute atomic E-state index is 5.69. The number of hydrogen-bond donors (Lipinski definition) is 2. The minimum Gasteiger partial charge on any atom is -0.489 e. The lowest BCUT2D eigenvalue weighted by Crippen LogP contribution is -2.12. The van der Waals surface area contributed by atoms with Crippen LogP contribution in [0.25, 0.3) is 0 Å². The van der Waals surface area contributed by atoms with Crippen LogP contribution in [-0.2, 0) is 6.61 Å². The van der Waals surface area contributed by atoms with Crippen LogP contribution in [0.4, 0.5) is 5.82 Å². The molecule has 0 saturated carbocycles. The largest absolute Gasteiger partial charge is 0.489 e. The number of pyridine rings is 1. The van der Waals surface area contributed by atoms with Gasteiger partial charge in [0.2, 0.25) is 0 Å². The fourth-order valence-corrected chi connectivity index (χ4v) is 1.93. The molecule has 0 atom stereocenters. The zero-order valence-electron chi connectivity index (χ0n) is 10.1. The predicted octanol–water partition coefficient (Wildman–Crippen LogP) is 2.67. The third-order valence-electron chi connectivity index (χ3n) is 2.48. The van der Waals surface area contributed by atoms with E-state index < -0.39 is 0 Å². The van der Waals surface area contributed by atoms with Gasteiger partial charge in [-0.25, -0.2) is 10.8 Å². The van der Waals surface area contributed by atoms with Gasteiger partial charge in [-0.3, -0.25) is 0 Å². The summed E-state index contributed by atoms with van der Waals surface area (Å²) in [7, 11) is 0. The van der Waals surface area contributed by atoms with Crippen molar-refractivity contribution in [3.8, 4) is 5.75 Å². The minimum atomic E-state index is 0.436. The Morgan fingerprint density at radius 3 is 2.72 bits per heavy atom. The first-order chi connectivity index (χ1) is 8.83. The lowest BCUT2D eigenvalue weighted by molar-refractivity contribution is 0.306. The summed E-state index contributed by atoms with van der Waals surface area (Å²) in [4.78, 5) is 5.33. The maximum atomic E-state index is 5.69. The molecule has 0 spiro atoms. The molecule has 0 saturated heterocycles. The monoisotopic (exact) mass is 261 g/mol. The van der Waals surface area contributed by atoms with Crippen molar-refractivity contribution in [3.05, 3.63) is 48.2 Å². The van der Waals surface area contributed by atoms with Crippen molar-refractivity contribution in [3.63, 3.8) is 0 Å². The van der Waals surface area contributed by atoms with Gasteiger partial charge in [0.25, 0.3) is 0 Å². The summed E-state index contributed by atoms with van der Waals surface area (Å²) >= 11 is 1.71. The molecule has 5 heteroatoms. The summed E-state index contributed by atoms with van der Waals surface area (Å²) in [6.45, 7) is 0.436. The summed E-state index contributed by atoms with van der Waals surface area (Å²) in [5, 5.41) is 0. The van der Waals surface area contributed by atoms with Gasteiger partial charge in [-0.2, -0.15) is 0 Å². The van der Waals surface area contributed by atoms with Gasteiger partial charge in [0.1, 0.15) is 18.2 Å². The highest BCUT2D eigenvalue weighted by Gasteiger charge is 2.02. The van der Waals surface area contributed by atoms with Gasteiger partial charge in [0.05, 0.1) is 0 Å². The summed E-state index contributed by atoms with van der Waals surface area (Å²) < 4.78 is 5.69. The van der Waals surface area contributed by atoms with Crippen molar-refractivity contribution in [2.24, 2.45) is 5.84 Å². The van der Waals surface area contributed by atoms with E-state index in [4.69, 9.17) is 10.6 Å². The standard InChI is InChI=1S/C13H15N3OS/c1-18-12-6-4-11(5-7-12)17-9-10-3-2-8-15-13(10)16-14/h2-8H,9,14H2,1H3,(H,15,16). The molecule has 1 heterocycles. The van der Waals surface area contributed by atoms with Crippen molar-refractivity contribution in [2.75, 3.05) is 11.7 Å². The van der Waals surface area contributed by atoms with Gasteiger partial charge in [-0.05, 0) is 36.6 Å². The molecule has 1 aromatic carbocycles. The fourth-order valence-electron chi connectivity index (χ4n) is 1.52. The summed E-state index contributed by atoms with van der Waals surface area (Å²) in [6, 6.07) is 11.8. The Labute approximate surface area is 111 Å². The van der Waals surface area contributed by atoms with Crippen LogP contribution in [0.1, 0.15) is 5.56 Å². The van der Waals surface area contributed by atoms with Crippen molar-refractivity contribution < 1.29 is 4.74 Å². The molecule has 0 unspecified atom stereocenters. The van der Waals surface area contributed by atoms with Gasteiger partial charge in [0.15, 0.2) is 0 Å². The molecule has 0 amide bonds. The molecule has 3 N–H and O–H groups in total. The van der Waals surface area contributed by atoms with Crippen LogP contribution >= 0.6 is 11.8 Å². The molecule has 2 rings (SSSR count). The van der Waals surface area contributed by atoms with Crippen molar-refractivity contribution in [1.29, 1.82) is 0 Å². The zero-order chi connectivity index (χ0) is 12.8. The molecular weight excluding hydrogens is 246 g/mol. The van der Waals surface area contributed by atoms with Crippen LogP contribution in [0.5, 0.6) is 5.75 Å². The Bertz CT molecular complexity index is 502. The van der Waals surface area contributed by atoms with Gasteiger partial charge in [0, 0.05) is 16.7 Å². The zero-order valence-corrected chi connectivity index (χ0v) is 10.9. The van der Waals surface area contributed by atoms with E-state index in [0.717, 1.165) is 11.3 Å². The van der Waals surface area contributed by atoms with Crippen LogP contribution in [0.15, 0.2) is 47.5 Å². The molecule has 4 nitrogen and oxygen atoms in total. The second-order valence-electron chi connectivity index (χ2n) is 3.62. The predicted molar refractivity (Wildman–Crippen MR) is 74.6 cm³/mol. The topological polar surface area (TPSA) is 60.2 Å². The van der Waals surface area contributed by atoms with Gasteiger partial charge in [-0.15, -0.1) is 11.8 Å². The number of nitrogens with two attached hydrogens (primary N) is 1. The SMILES string of the molecule is CSc1ccc(OCc2cccnc2NN)cc1. The average molecular weight is 261 g/mol. The van der Waals surface area contributed by atoms with Crippen molar-refractivity contribution >= 4 is 17.6 Å². The molecule has 0 fully saturated rings. The van der Waals surface area contributed by atoms with Crippen LogP contribution in [0.2, 0.25) is 0 Å². The van der Waals surface area contributed by atoms with Crippen molar-refractivity contribution in [2.45, 2.75) is 11.5 Å².